The number of benzene rings is 1. The average molecular weight is 315 g/mol. The molecule has 0 heterocycles. The SMILES string of the molecule is CC(C)CCN(C1CC1)C(CN)c1c(Cl)cccc1Cl. The summed E-state index contributed by atoms with van der Waals surface area (Å²) in [6, 6.07) is 6.46. The van der Waals surface area contributed by atoms with Crippen LogP contribution < -0.4 is 5.73 Å². The second-order valence-corrected chi connectivity index (χ2v) is 6.85. The normalized spacial score (nSPS) is 16.9. The van der Waals surface area contributed by atoms with E-state index in [9.17, 15) is 0 Å². The first-order valence-electron chi connectivity index (χ1n) is 7.44. The van der Waals surface area contributed by atoms with Crippen LogP contribution >= 0.6 is 23.2 Å². The van der Waals surface area contributed by atoms with Crippen molar-refractivity contribution >= 4 is 23.2 Å². The summed E-state index contributed by atoms with van der Waals surface area (Å²) in [6.45, 7) is 6.12. The molecule has 0 amide bonds. The summed E-state index contributed by atoms with van der Waals surface area (Å²) < 4.78 is 0. The van der Waals surface area contributed by atoms with E-state index in [1.54, 1.807) is 0 Å². The molecule has 0 aliphatic heterocycles. The third-order valence-corrected chi connectivity index (χ3v) is 4.60. The van der Waals surface area contributed by atoms with Crippen LogP contribution in [0.2, 0.25) is 10.0 Å². The van der Waals surface area contributed by atoms with Gasteiger partial charge in [-0.3, -0.25) is 4.90 Å². The molecule has 0 radical (unpaired) electrons. The fourth-order valence-corrected chi connectivity index (χ4v) is 3.30. The molecule has 2 rings (SSSR count). The van der Waals surface area contributed by atoms with E-state index < -0.39 is 0 Å². The van der Waals surface area contributed by atoms with E-state index in [4.69, 9.17) is 28.9 Å². The minimum Gasteiger partial charge on any atom is -0.329 e. The van der Waals surface area contributed by atoms with Gasteiger partial charge in [0.2, 0.25) is 0 Å². The minimum atomic E-state index is 0.127. The van der Waals surface area contributed by atoms with Gasteiger partial charge in [-0.2, -0.15) is 0 Å². The number of nitrogens with two attached hydrogens (primary N) is 1. The number of rotatable bonds is 7. The third kappa shape index (κ3) is 3.88. The second-order valence-electron chi connectivity index (χ2n) is 6.04. The zero-order valence-electron chi connectivity index (χ0n) is 12.3. The van der Waals surface area contributed by atoms with Gasteiger partial charge < -0.3 is 5.73 Å². The van der Waals surface area contributed by atoms with Gasteiger partial charge in [-0.05, 0) is 43.9 Å². The molecule has 2 N–H and O–H groups in total. The van der Waals surface area contributed by atoms with Gasteiger partial charge in [-0.25, -0.2) is 0 Å². The molecule has 0 aromatic heterocycles. The van der Waals surface area contributed by atoms with Crippen LogP contribution in [0.15, 0.2) is 18.2 Å². The molecule has 1 aromatic carbocycles. The van der Waals surface area contributed by atoms with Crippen molar-refractivity contribution < 1.29 is 0 Å². The Morgan fingerprint density at radius 1 is 1.25 bits per heavy atom. The zero-order valence-corrected chi connectivity index (χ0v) is 13.8. The van der Waals surface area contributed by atoms with Crippen LogP contribution in [-0.4, -0.2) is 24.0 Å². The lowest BCUT2D eigenvalue weighted by atomic mass is 10.0. The molecule has 1 saturated carbocycles. The van der Waals surface area contributed by atoms with Gasteiger partial charge in [0, 0.05) is 28.2 Å². The summed E-state index contributed by atoms with van der Waals surface area (Å²) in [7, 11) is 0. The fraction of sp³-hybridized carbons (Fsp3) is 0.625. The Bertz CT molecular complexity index is 424. The first-order chi connectivity index (χ1) is 9.54. The minimum absolute atomic E-state index is 0.127. The summed E-state index contributed by atoms with van der Waals surface area (Å²) >= 11 is 12.7. The lowest BCUT2D eigenvalue weighted by Crippen LogP contribution is -2.37. The molecule has 1 fully saturated rings. The van der Waals surface area contributed by atoms with Gasteiger partial charge in [-0.15, -0.1) is 0 Å². The van der Waals surface area contributed by atoms with Crippen molar-refractivity contribution in [1.29, 1.82) is 0 Å². The Hall–Kier alpha value is -0.280. The summed E-state index contributed by atoms with van der Waals surface area (Å²) in [5.74, 6) is 0.691. The monoisotopic (exact) mass is 314 g/mol. The maximum absolute atomic E-state index is 6.37. The average Bonchev–Trinajstić information content (AvgIpc) is 3.20. The molecule has 1 unspecified atom stereocenters. The molecule has 2 nitrogen and oxygen atoms in total. The van der Waals surface area contributed by atoms with Gasteiger partial charge in [0.1, 0.15) is 0 Å². The lowest BCUT2D eigenvalue weighted by Gasteiger charge is -2.33. The highest BCUT2D eigenvalue weighted by Gasteiger charge is 2.35. The van der Waals surface area contributed by atoms with Gasteiger partial charge in [0.15, 0.2) is 0 Å². The Balaban J connectivity index is 2.23. The van der Waals surface area contributed by atoms with E-state index >= 15 is 0 Å². The molecule has 112 valence electrons. The molecule has 20 heavy (non-hydrogen) atoms. The van der Waals surface area contributed by atoms with E-state index in [0.29, 0.717) is 18.5 Å². The van der Waals surface area contributed by atoms with E-state index in [0.717, 1.165) is 22.2 Å². The quantitative estimate of drug-likeness (QED) is 0.802. The molecular formula is C16H24Cl2N2. The van der Waals surface area contributed by atoms with Gasteiger partial charge in [-0.1, -0.05) is 43.1 Å². The Kier molecular flexibility index (Phi) is 5.74. The maximum atomic E-state index is 6.37. The number of nitrogens with zero attached hydrogens (tertiary/aromatic N) is 1. The Labute approximate surface area is 132 Å². The Morgan fingerprint density at radius 2 is 1.85 bits per heavy atom. The highest BCUT2D eigenvalue weighted by molar-refractivity contribution is 6.36. The van der Waals surface area contributed by atoms with E-state index in [1.807, 2.05) is 18.2 Å². The van der Waals surface area contributed by atoms with Gasteiger partial charge in [0.05, 0.1) is 6.04 Å². The molecule has 1 aliphatic rings. The van der Waals surface area contributed by atoms with Crippen LogP contribution in [0.5, 0.6) is 0 Å². The third-order valence-electron chi connectivity index (χ3n) is 3.94. The second kappa shape index (κ2) is 7.13. The maximum Gasteiger partial charge on any atom is 0.0502 e. The molecule has 0 saturated heterocycles. The molecule has 1 atom stereocenters. The lowest BCUT2D eigenvalue weighted by molar-refractivity contribution is 0.181. The summed E-state index contributed by atoms with van der Waals surface area (Å²) in [5.41, 5.74) is 7.05. The van der Waals surface area contributed by atoms with Crippen LogP contribution in [0.25, 0.3) is 0 Å². The van der Waals surface area contributed by atoms with Crippen molar-refractivity contribution in [2.45, 2.75) is 45.2 Å². The molecular weight excluding hydrogens is 291 g/mol. The van der Waals surface area contributed by atoms with Crippen LogP contribution in [0.4, 0.5) is 0 Å². The van der Waals surface area contributed by atoms with Crippen LogP contribution in [0.1, 0.15) is 44.7 Å². The van der Waals surface area contributed by atoms with Crippen molar-refractivity contribution in [3.8, 4) is 0 Å². The van der Waals surface area contributed by atoms with Crippen molar-refractivity contribution in [3.63, 3.8) is 0 Å². The summed E-state index contributed by atoms with van der Waals surface area (Å²) in [4.78, 5) is 2.51. The van der Waals surface area contributed by atoms with E-state index in [-0.39, 0.29) is 6.04 Å². The highest BCUT2D eigenvalue weighted by Crippen LogP contribution is 2.39. The van der Waals surface area contributed by atoms with Crippen LogP contribution in [0.3, 0.4) is 0 Å². The summed E-state index contributed by atoms with van der Waals surface area (Å²) in [5, 5.41) is 1.45. The number of hydrogen-bond donors (Lipinski definition) is 1. The zero-order chi connectivity index (χ0) is 14.7. The molecule has 0 bridgehead atoms. The molecule has 0 spiro atoms. The predicted molar refractivity (Wildman–Crippen MR) is 87.4 cm³/mol. The van der Waals surface area contributed by atoms with Crippen molar-refractivity contribution in [3.05, 3.63) is 33.8 Å². The summed E-state index contributed by atoms with van der Waals surface area (Å²) in [6.07, 6.45) is 3.70. The van der Waals surface area contributed by atoms with Crippen molar-refractivity contribution in [2.24, 2.45) is 11.7 Å². The van der Waals surface area contributed by atoms with E-state index in [1.165, 1.54) is 19.3 Å². The molecule has 1 aromatic rings. The molecule has 1 aliphatic carbocycles. The predicted octanol–water partition coefficient (Wildman–Crippen LogP) is 4.50. The topological polar surface area (TPSA) is 29.3 Å². The first kappa shape index (κ1) is 16.1. The van der Waals surface area contributed by atoms with Crippen LogP contribution in [-0.2, 0) is 0 Å². The number of hydrogen-bond acceptors (Lipinski definition) is 2. The largest absolute Gasteiger partial charge is 0.329 e. The van der Waals surface area contributed by atoms with Crippen molar-refractivity contribution in [1.82, 2.24) is 4.90 Å². The smallest absolute Gasteiger partial charge is 0.0502 e. The van der Waals surface area contributed by atoms with Crippen LogP contribution in [0, 0.1) is 5.92 Å². The highest BCUT2D eigenvalue weighted by atomic mass is 35.5. The standard InChI is InChI=1S/C16H24Cl2N2/c1-11(2)8-9-20(12-6-7-12)15(10-19)16-13(17)4-3-5-14(16)18/h3-5,11-12,15H,6-10,19H2,1-2H3. The molecule has 4 heteroatoms. The fourth-order valence-electron chi connectivity index (χ4n) is 2.65. The van der Waals surface area contributed by atoms with Gasteiger partial charge in [0.25, 0.3) is 0 Å². The number of halogens is 2. The van der Waals surface area contributed by atoms with E-state index in [2.05, 4.69) is 18.7 Å². The van der Waals surface area contributed by atoms with Crippen molar-refractivity contribution in [2.75, 3.05) is 13.1 Å². The first-order valence-corrected chi connectivity index (χ1v) is 8.20. The van der Waals surface area contributed by atoms with Gasteiger partial charge >= 0.3 is 0 Å². The Morgan fingerprint density at radius 3 is 2.30 bits per heavy atom.